The summed E-state index contributed by atoms with van der Waals surface area (Å²) < 4.78 is 0. The van der Waals surface area contributed by atoms with Crippen LogP contribution in [0.4, 0.5) is 5.69 Å². The number of nitrogens with zero attached hydrogens (tertiary/aromatic N) is 1. The van der Waals surface area contributed by atoms with Gasteiger partial charge in [-0.1, -0.05) is 43.3 Å². The van der Waals surface area contributed by atoms with E-state index in [2.05, 4.69) is 81.4 Å². The van der Waals surface area contributed by atoms with Crippen LogP contribution in [0.15, 0.2) is 59.6 Å². The van der Waals surface area contributed by atoms with Crippen molar-refractivity contribution in [2.45, 2.75) is 33.6 Å². The van der Waals surface area contributed by atoms with E-state index >= 15 is 0 Å². The fourth-order valence-electron chi connectivity index (χ4n) is 3.74. The zero-order valence-electron chi connectivity index (χ0n) is 15.3. The molecule has 0 aromatic heterocycles. The SMILES string of the molecule is C/C=C(/C)c1ccccc1N=C1Cc2c(C)[c-]c3ccccc3c2C1.[Yb]. The van der Waals surface area contributed by atoms with Crippen LogP contribution in [-0.4, -0.2) is 5.71 Å². The van der Waals surface area contributed by atoms with Gasteiger partial charge in [-0.15, -0.1) is 45.7 Å². The summed E-state index contributed by atoms with van der Waals surface area (Å²) in [5.74, 6) is 0. The third-order valence-corrected chi connectivity index (χ3v) is 5.19. The van der Waals surface area contributed by atoms with Gasteiger partial charge >= 0.3 is 0 Å². The van der Waals surface area contributed by atoms with Crippen molar-refractivity contribution in [3.05, 3.63) is 82.9 Å². The second-order valence-corrected chi connectivity index (χ2v) is 6.77. The van der Waals surface area contributed by atoms with Gasteiger partial charge < -0.3 is 0 Å². The predicted molar refractivity (Wildman–Crippen MR) is 108 cm³/mol. The number of hydrogen-bond donors (Lipinski definition) is 0. The number of rotatable bonds is 2. The Labute approximate surface area is 194 Å². The largest absolute Gasteiger partial charge is 0.257 e. The second kappa shape index (κ2) is 8.25. The minimum atomic E-state index is 0. The number of hydrogen-bond acceptors (Lipinski definition) is 1. The summed E-state index contributed by atoms with van der Waals surface area (Å²) in [5, 5.41) is 2.54. The topological polar surface area (TPSA) is 12.4 Å². The van der Waals surface area contributed by atoms with E-state index < -0.39 is 0 Å². The van der Waals surface area contributed by atoms with Crippen molar-refractivity contribution in [3.8, 4) is 0 Å². The molecule has 0 aliphatic heterocycles. The molecule has 1 nitrogen and oxygen atoms in total. The van der Waals surface area contributed by atoms with Gasteiger partial charge in [-0.3, -0.25) is 4.99 Å². The summed E-state index contributed by atoms with van der Waals surface area (Å²) in [6.07, 6.45) is 4.02. The zero-order chi connectivity index (χ0) is 17.4. The monoisotopic (exact) mass is 498 g/mol. The second-order valence-electron chi connectivity index (χ2n) is 6.77. The van der Waals surface area contributed by atoms with Gasteiger partial charge in [0.2, 0.25) is 0 Å². The Morgan fingerprint density at radius 1 is 1.00 bits per heavy atom. The maximum Gasteiger partial charge on any atom is 0.0703 e. The van der Waals surface area contributed by atoms with E-state index in [1.54, 1.807) is 0 Å². The predicted octanol–water partition coefficient (Wildman–Crippen LogP) is 6.24. The third-order valence-electron chi connectivity index (χ3n) is 5.19. The summed E-state index contributed by atoms with van der Waals surface area (Å²) in [7, 11) is 0. The zero-order valence-corrected chi connectivity index (χ0v) is 17.0. The average molecular weight is 497 g/mol. The molecule has 0 saturated carbocycles. The van der Waals surface area contributed by atoms with Crippen LogP contribution in [0.5, 0.6) is 0 Å². The molecule has 0 spiro atoms. The van der Waals surface area contributed by atoms with Crippen molar-refractivity contribution in [1.29, 1.82) is 0 Å². The average Bonchev–Trinajstić information content (AvgIpc) is 3.06. The third kappa shape index (κ3) is 3.63. The number of benzene rings is 3. The Morgan fingerprint density at radius 2 is 1.69 bits per heavy atom. The van der Waals surface area contributed by atoms with Crippen LogP contribution in [0.2, 0.25) is 0 Å². The van der Waals surface area contributed by atoms with Crippen molar-refractivity contribution in [2.75, 3.05) is 0 Å². The van der Waals surface area contributed by atoms with Crippen LogP contribution in [0.25, 0.3) is 16.3 Å². The Balaban J connectivity index is 0.00000196. The van der Waals surface area contributed by atoms with Crippen LogP contribution in [-0.2, 0) is 12.8 Å². The van der Waals surface area contributed by atoms with E-state index in [4.69, 9.17) is 4.99 Å². The molecular formula is C24H22NYb-. The molecule has 2 heteroatoms. The van der Waals surface area contributed by atoms with Crippen LogP contribution >= 0.6 is 0 Å². The van der Waals surface area contributed by atoms with Gasteiger partial charge in [-0.05, 0) is 38.3 Å². The van der Waals surface area contributed by atoms with Crippen molar-refractivity contribution in [1.82, 2.24) is 0 Å². The molecule has 0 amide bonds. The van der Waals surface area contributed by atoms with Crippen molar-refractivity contribution >= 4 is 27.7 Å². The molecule has 3 aromatic carbocycles. The van der Waals surface area contributed by atoms with E-state index in [-0.39, 0.29) is 46.9 Å². The molecule has 4 rings (SSSR count). The molecule has 138 valence electrons. The van der Waals surface area contributed by atoms with Gasteiger partial charge in [0.05, 0.1) is 5.69 Å². The molecule has 0 heterocycles. The molecule has 0 unspecified atom stereocenters. The standard InChI is InChI=1S/C24H22N.Yb/c1-4-16(2)20-10-7-8-12-24(20)25-19-14-22-17(3)13-18-9-5-6-11-21(18)23(22)15-19;/h4-12H,14-15H2,1-3H3;/q-1;/b16-4-,25-19?;. The summed E-state index contributed by atoms with van der Waals surface area (Å²) in [4.78, 5) is 5.05. The van der Waals surface area contributed by atoms with Crippen molar-refractivity contribution < 1.29 is 46.9 Å². The summed E-state index contributed by atoms with van der Waals surface area (Å²) in [6, 6.07) is 20.6. The molecule has 26 heavy (non-hydrogen) atoms. The number of fused-ring (bicyclic) bond motifs is 3. The van der Waals surface area contributed by atoms with Gasteiger partial charge in [0, 0.05) is 58.2 Å². The van der Waals surface area contributed by atoms with Crippen LogP contribution < -0.4 is 0 Å². The maximum atomic E-state index is 5.05. The van der Waals surface area contributed by atoms with Crippen LogP contribution in [0.1, 0.15) is 36.1 Å². The molecule has 1 aliphatic carbocycles. The summed E-state index contributed by atoms with van der Waals surface area (Å²) in [5.41, 5.74) is 8.93. The van der Waals surface area contributed by atoms with Gasteiger partial charge in [-0.25, -0.2) is 0 Å². The minimum absolute atomic E-state index is 0. The Morgan fingerprint density at radius 3 is 2.50 bits per heavy atom. The molecule has 0 N–H and O–H groups in total. The normalized spacial score (nSPS) is 15.2. The molecule has 0 bridgehead atoms. The fourth-order valence-corrected chi connectivity index (χ4v) is 3.74. The van der Waals surface area contributed by atoms with E-state index in [0.717, 1.165) is 18.5 Å². The quantitative estimate of drug-likeness (QED) is 0.372. The number of aryl methyl sites for hydroxylation is 1. The van der Waals surface area contributed by atoms with Gasteiger partial charge in [0.25, 0.3) is 0 Å². The Hall–Kier alpha value is -1.15. The molecule has 0 radical (unpaired) electrons. The molecule has 0 atom stereocenters. The molecule has 0 saturated heterocycles. The first-order chi connectivity index (χ1) is 12.2. The first-order valence-corrected chi connectivity index (χ1v) is 8.88. The van der Waals surface area contributed by atoms with E-state index in [1.165, 1.54) is 44.3 Å². The van der Waals surface area contributed by atoms with Crippen LogP contribution in [0, 0.1) is 59.9 Å². The smallest absolute Gasteiger partial charge is 0.0703 e. The minimum Gasteiger partial charge on any atom is -0.257 e. The molecule has 0 fully saturated rings. The van der Waals surface area contributed by atoms with Gasteiger partial charge in [0.1, 0.15) is 0 Å². The first-order valence-electron chi connectivity index (χ1n) is 8.88. The summed E-state index contributed by atoms with van der Waals surface area (Å²) in [6.45, 7) is 6.40. The number of aliphatic imine (C=N–C) groups is 1. The van der Waals surface area contributed by atoms with Crippen molar-refractivity contribution in [3.63, 3.8) is 0 Å². The number of allylic oxidation sites excluding steroid dienone is 2. The van der Waals surface area contributed by atoms with Crippen molar-refractivity contribution in [2.24, 2.45) is 4.99 Å². The van der Waals surface area contributed by atoms with Gasteiger partial charge in [-0.2, -0.15) is 0 Å². The Kier molecular flexibility index (Phi) is 6.22. The molecular weight excluding hydrogens is 475 g/mol. The van der Waals surface area contributed by atoms with Gasteiger partial charge in [0.15, 0.2) is 0 Å². The van der Waals surface area contributed by atoms with E-state index in [0.29, 0.717) is 0 Å². The fraction of sp³-hybridized carbons (Fsp3) is 0.208. The van der Waals surface area contributed by atoms with E-state index in [9.17, 15) is 0 Å². The summed E-state index contributed by atoms with van der Waals surface area (Å²) >= 11 is 0. The Bertz CT molecular complexity index is 1030. The van der Waals surface area contributed by atoms with E-state index in [1.807, 2.05) is 0 Å². The first kappa shape index (κ1) is 19.6. The molecule has 1 aliphatic rings. The maximum absolute atomic E-state index is 5.05. The number of para-hydroxylation sites is 1. The van der Waals surface area contributed by atoms with Crippen LogP contribution in [0.3, 0.4) is 0 Å². The molecule has 3 aromatic rings.